The number of carbonyl (C=O) groups excluding carboxylic acids is 2. The predicted octanol–water partition coefficient (Wildman–Crippen LogP) is 6.59. The number of nitrogens with one attached hydrogen (secondary N) is 1. The lowest BCUT2D eigenvalue weighted by Gasteiger charge is -2.07. The van der Waals surface area contributed by atoms with Gasteiger partial charge >= 0.3 is 5.97 Å². The number of hydrogen-bond acceptors (Lipinski definition) is 9. The first kappa shape index (κ1) is 23.3. The van der Waals surface area contributed by atoms with Gasteiger partial charge in [0.1, 0.15) is 10.6 Å². The van der Waals surface area contributed by atoms with E-state index in [1.54, 1.807) is 6.92 Å². The summed E-state index contributed by atoms with van der Waals surface area (Å²) in [6.07, 6.45) is 0. The molecule has 0 fully saturated rings. The lowest BCUT2D eigenvalue weighted by atomic mass is 10.1. The van der Waals surface area contributed by atoms with Crippen molar-refractivity contribution in [1.29, 1.82) is 0 Å². The van der Waals surface area contributed by atoms with Crippen molar-refractivity contribution in [3.63, 3.8) is 0 Å². The summed E-state index contributed by atoms with van der Waals surface area (Å²) in [5.41, 5.74) is 1.93. The van der Waals surface area contributed by atoms with E-state index in [-0.39, 0.29) is 18.3 Å². The van der Waals surface area contributed by atoms with Crippen molar-refractivity contribution >= 4 is 62.1 Å². The van der Waals surface area contributed by atoms with Gasteiger partial charge in [-0.05, 0) is 41.3 Å². The number of ether oxygens (including phenoxy) is 1. The Hall–Kier alpha value is -3.47. The molecule has 0 radical (unpaired) electrons. The van der Waals surface area contributed by atoms with Crippen LogP contribution in [0.15, 0.2) is 75.0 Å². The highest BCUT2D eigenvalue weighted by atomic mass is 32.2. The number of fused-ring (bicyclic) bond motifs is 1. The molecule has 1 amide bonds. The van der Waals surface area contributed by atoms with Gasteiger partial charge in [-0.25, -0.2) is 4.79 Å². The number of anilines is 1. The first-order valence-electron chi connectivity index (χ1n) is 10.7. The third-order valence-electron chi connectivity index (χ3n) is 5.04. The summed E-state index contributed by atoms with van der Waals surface area (Å²) < 4.78 is 11.0. The minimum absolute atomic E-state index is 0.0495. The van der Waals surface area contributed by atoms with E-state index in [4.69, 9.17) is 9.15 Å². The summed E-state index contributed by atoms with van der Waals surface area (Å²) in [5, 5.41) is 17.8. The van der Waals surface area contributed by atoms with Crippen LogP contribution < -0.4 is 5.32 Å². The smallest absolute Gasteiger partial charge is 0.341 e. The minimum atomic E-state index is -0.461. The number of nitrogens with zero attached hydrogens (tertiary/aromatic N) is 2. The molecule has 35 heavy (non-hydrogen) atoms. The van der Waals surface area contributed by atoms with Crippen LogP contribution in [0, 0.1) is 0 Å². The van der Waals surface area contributed by atoms with E-state index in [1.807, 2.05) is 65.4 Å². The number of aromatic nitrogens is 2. The zero-order chi connectivity index (χ0) is 24.2. The fourth-order valence-corrected chi connectivity index (χ4v) is 5.82. The summed E-state index contributed by atoms with van der Waals surface area (Å²) in [5.74, 6) is -0.307. The van der Waals surface area contributed by atoms with E-state index < -0.39 is 5.97 Å². The second-order valence-corrected chi connectivity index (χ2v) is 10.1. The Morgan fingerprint density at radius 1 is 1.06 bits per heavy atom. The van der Waals surface area contributed by atoms with Crippen LogP contribution >= 0.6 is 34.4 Å². The molecule has 5 aromatic rings. The lowest BCUT2D eigenvalue weighted by Crippen LogP contribution is -2.16. The van der Waals surface area contributed by atoms with Crippen LogP contribution in [-0.2, 0) is 9.53 Å². The van der Waals surface area contributed by atoms with Gasteiger partial charge in [-0.15, -0.1) is 32.9 Å². The Morgan fingerprint density at radius 3 is 2.71 bits per heavy atom. The van der Waals surface area contributed by atoms with Gasteiger partial charge in [0, 0.05) is 21.4 Å². The number of thiophene rings is 2. The van der Waals surface area contributed by atoms with Crippen LogP contribution in [0.25, 0.3) is 32.7 Å². The molecular weight excluding hydrogens is 502 g/mol. The topological polar surface area (TPSA) is 94.3 Å². The maximum atomic E-state index is 12.7. The molecule has 3 heterocycles. The molecule has 5 rings (SSSR count). The quantitative estimate of drug-likeness (QED) is 0.182. The van der Waals surface area contributed by atoms with E-state index in [0.29, 0.717) is 21.7 Å². The molecule has 0 bridgehead atoms. The Bertz CT molecular complexity index is 1490. The van der Waals surface area contributed by atoms with E-state index in [1.165, 1.54) is 22.7 Å². The maximum Gasteiger partial charge on any atom is 0.341 e. The van der Waals surface area contributed by atoms with Gasteiger partial charge in [-0.2, -0.15) is 0 Å². The standard InChI is InChI=1S/C25H19N3O4S3/c1-2-31-24(30)21-18(19-8-5-11-33-19)13-34-23(21)26-20(29)14-35-25-28-27-22(32-25)17-10-9-15-6-3-4-7-16(15)12-17/h3-13H,2,14H2,1H3,(H,26,29). The second-order valence-electron chi connectivity index (χ2n) is 7.32. The Labute approximate surface area is 213 Å². The van der Waals surface area contributed by atoms with Crippen molar-refractivity contribution in [1.82, 2.24) is 10.2 Å². The van der Waals surface area contributed by atoms with Crippen molar-refractivity contribution in [3.8, 4) is 21.9 Å². The third kappa shape index (κ3) is 5.14. The summed E-state index contributed by atoms with van der Waals surface area (Å²) in [6.45, 7) is 2.00. The van der Waals surface area contributed by atoms with Crippen molar-refractivity contribution in [2.45, 2.75) is 12.1 Å². The number of thioether (sulfide) groups is 1. The molecule has 0 unspecified atom stereocenters. The molecule has 0 atom stereocenters. The number of hydrogen-bond donors (Lipinski definition) is 1. The van der Waals surface area contributed by atoms with Gasteiger partial charge in [0.2, 0.25) is 11.8 Å². The van der Waals surface area contributed by atoms with Crippen molar-refractivity contribution < 1.29 is 18.7 Å². The summed E-state index contributed by atoms with van der Waals surface area (Å²) >= 11 is 3.95. The molecule has 0 aliphatic rings. The van der Waals surface area contributed by atoms with Crippen LogP contribution in [-0.4, -0.2) is 34.4 Å². The van der Waals surface area contributed by atoms with E-state index in [0.717, 1.165) is 38.5 Å². The average Bonchev–Trinajstić information content (AvgIpc) is 3.63. The van der Waals surface area contributed by atoms with Crippen molar-refractivity contribution in [3.05, 3.63) is 70.9 Å². The molecule has 10 heteroatoms. The van der Waals surface area contributed by atoms with Gasteiger partial charge in [0.15, 0.2) is 0 Å². The van der Waals surface area contributed by atoms with Gasteiger partial charge in [-0.3, -0.25) is 4.79 Å². The SMILES string of the molecule is CCOC(=O)c1c(-c2cccs2)csc1NC(=O)CSc1nnc(-c2ccc3ccccc3c2)o1. The predicted molar refractivity (Wildman–Crippen MR) is 140 cm³/mol. The van der Waals surface area contributed by atoms with Gasteiger partial charge in [0.05, 0.1) is 12.4 Å². The highest BCUT2D eigenvalue weighted by Crippen LogP contribution is 2.38. The molecule has 7 nitrogen and oxygen atoms in total. The molecule has 0 aliphatic heterocycles. The molecule has 0 spiro atoms. The van der Waals surface area contributed by atoms with Crippen LogP contribution in [0.4, 0.5) is 5.00 Å². The van der Waals surface area contributed by atoms with Gasteiger partial charge in [-0.1, -0.05) is 48.2 Å². The van der Waals surface area contributed by atoms with Gasteiger partial charge in [0.25, 0.3) is 5.22 Å². The molecule has 2 aromatic carbocycles. The first-order valence-corrected chi connectivity index (χ1v) is 13.4. The average molecular weight is 522 g/mol. The largest absolute Gasteiger partial charge is 0.462 e. The number of benzene rings is 2. The number of amides is 1. The van der Waals surface area contributed by atoms with Crippen LogP contribution in [0.1, 0.15) is 17.3 Å². The van der Waals surface area contributed by atoms with Crippen LogP contribution in [0.3, 0.4) is 0 Å². The lowest BCUT2D eigenvalue weighted by molar-refractivity contribution is -0.113. The molecule has 0 saturated heterocycles. The van der Waals surface area contributed by atoms with Crippen molar-refractivity contribution in [2.24, 2.45) is 0 Å². The normalized spacial score (nSPS) is 11.0. The summed E-state index contributed by atoms with van der Waals surface area (Å²) in [6, 6.07) is 17.8. The number of rotatable bonds is 8. The molecule has 176 valence electrons. The fraction of sp³-hybridized carbons (Fsp3) is 0.120. The highest BCUT2D eigenvalue weighted by Gasteiger charge is 2.23. The third-order valence-corrected chi connectivity index (χ3v) is 7.66. The second kappa shape index (κ2) is 10.4. The highest BCUT2D eigenvalue weighted by molar-refractivity contribution is 7.99. The molecular formula is C25H19N3O4S3. The minimum Gasteiger partial charge on any atom is -0.462 e. The monoisotopic (exact) mass is 521 g/mol. The maximum absolute atomic E-state index is 12.7. The van der Waals surface area contributed by atoms with Crippen LogP contribution in [0.2, 0.25) is 0 Å². The Balaban J connectivity index is 1.27. The van der Waals surface area contributed by atoms with Crippen LogP contribution in [0.5, 0.6) is 0 Å². The number of carbonyl (C=O) groups is 2. The van der Waals surface area contributed by atoms with E-state index in [9.17, 15) is 9.59 Å². The Kier molecular flexibility index (Phi) is 6.94. The van der Waals surface area contributed by atoms with E-state index in [2.05, 4.69) is 15.5 Å². The summed E-state index contributed by atoms with van der Waals surface area (Å²) in [7, 11) is 0. The summed E-state index contributed by atoms with van der Waals surface area (Å²) in [4.78, 5) is 26.2. The molecule has 3 aromatic heterocycles. The first-order chi connectivity index (χ1) is 17.1. The fourth-order valence-electron chi connectivity index (χ4n) is 3.47. The zero-order valence-corrected chi connectivity index (χ0v) is 21.0. The zero-order valence-electron chi connectivity index (χ0n) is 18.5. The van der Waals surface area contributed by atoms with Crippen molar-refractivity contribution in [2.75, 3.05) is 17.7 Å². The molecule has 1 N–H and O–H groups in total. The van der Waals surface area contributed by atoms with Gasteiger partial charge < -0.3 is 14.5 Å². The van der Waals surface area contributed by atoms with E-state index >= 15 is 0 Å². The Morgan fingerprint density at radius 2 is 1.91 bits per heavy atom. The molecule has 0 aliphatic carbocycles. The number of esters is 1. The molecule has 0 saturated carbocycles.